The Hall–Kier alpha value is -0.770. The van der Waals surface area contributed by atoms with Crippen molar-refractivity contribution in [2.24, 2.45) is 0 Å². The molecule has 124 valence electrons. The summed E-state index contributed by atoms with van der Waals surface area (Å²) in [5, 5.41) is 0. The lowest BCUT2D eigenvalue weighted by molar-refractivity contribution is -0.135. The molecule has 1 nitrogen and oxygen atoms in total. The maximum Gasteiger partial charge on any atom is 0.389 e. The summed E-state index contributed by atoms with van der Waals surface area (Å²) in [6, 6.07) is 0. The minimum absolute atomic E-state index is 0.279. The van der Waals surface area contributed by atoms with Crippen molar-refractivity contribution in [1.82, 2.24) is 4.90 Å². The van der Waals surface area contributed by atoms with Gasteiger partial charge in [0, 0.05) is 19.5 Å². The molecule has 0 heterocycles. The molecule has 0 fully saturated rings. The number of hydrogen-bond donors (Lipinski definition) is 0. The molecule has 0 aromatic heterocycles. The largest absolute Gasteiger partial charge is 0.389 e. The summed E-state index contributed by atoms with van der Waals surface area (Å²) < 4.78 is 35.8. The molecule has 0 unspecified atom stereocenters. The van der Waals surface area contributed by atoms with Gasteiger partial charge >= 0.3 is 6.18 Å². The van der Waals surface area contributed by atoms with Crippen LogP contribution in [-0.2, 0) is 0 Å². The first-order valence-corrected chi connectivity index (χ1v) is 8.00. The molecule has 4 heteroatoms. The molecule has 0 aliphatic carbocycles. The number of nitrogens with zero attached hydrogens (tertiary/aromatic N) is 1. The first-order valence-electron chi connectivity index (χ1n) is 8.00. The molecule has 0 spiro atoms. The van der Waals surface area contributed by atoms with Crippen LogP contribution in [0.2, 0.25) is 0 Å². The average Bonchev–Trinajstić information content (AvgIpc) is 2.40. The van der Waals surface area contributed by atoms with Crippen LogP contribution < -0.4 is 0 Å². The predicted octanol–water partition coefficient (Wildman–Crippen LogP) is 5.73. The molecule has 21 heavy (non-hydrogen) atoms. The molecule has 0 saturated heterocycles. The fourth-order valence-electron chi connectivity index (χ4n) is 2.34. The lowest BCUT2D eigenvalue weighted by atomic mass is 10.1. The molecule has 0 aliphatic heterocycles. The van der Waals surface area contributed by atoms with E-state index in [1.807, 2.05) is 12.2 Å². The fourth-order valence-corrected chi connectivity index (χ4v) is 2.34. The lowest BCUT2D eigenvalue weighted by Gasteiger charge is -2.18. The highest BCUT2D eigenvalue weighted by atomic mass is 19.4. The molecule has 0 rings (SSSR count). The maximum absolute atomic E-state index is 11.9. The Balaban J connectivity index is 3.32. The molecular formula is C17H30F3N. The molecule has 0 N–H and O–H groups in total. The van der Waals surface area contributed by atoms with E-state index in [0.717, 1.165) is 45.3 Å². The second-order valence-electron chi connectivity index (χ2n) is 5.53. The summed E-state index contributed by atoms with van der Waals surface area (Å²) in [5.41, 5.74) is 0. The summed E-state index contributed by atoms with van der Waals surface area (Å²) in [4.78, 5) is 2.30. The molecule has 0 aromatic rings. The van der Waals surface area contributed by atoms with Gasteiger partial charge in [-0.15, -0.1) is 13.2 Å². The van der Waals surface area contributed by atoms with E-state index in [1.54, 1.807) is 0 Å². The van der Waals surface area contributed by atoms with Gasteiger partial charge in [0.05, 0.1) is 0 Å². The first-order chi connectivity index (χ1) is 9.99. The summed E-state index contributed by atoms with van der Waals surface area (Å²) in [7, 11) is 0. The Bertz CT molecular complexity index is 251. The summed E-state index contributed by atoms with van der Waals surface area (Å²) in [6.45, 7) is 10.3. The number of unbranched alkanes of at least 4 members (excludes halogenated alkanes) is 7. The van der Waals surface area contributed by atoms with Gasteiger partial charge in [-0.3, -0.25) is 4.90 Å². The predicted molar refractivity (Wildman–Crippen MR) is 84.4 cm³/mol. The van der Waals surface area contributed by atoms with E-state index in [-0.39, 0.29) is 6.42 Å². The Labute approximate surface area is 127 Å². The minimum Gasteiger partial charge on any atom is -0.296 e. The van der Waals surface area contributed by atoms with E-state index in [2.05, 4.69) is 18.1 Å². The molecule has 0 radical (unpaired) electrons. The van der Waals surface area contributed by atoms with Gasteiger partial charge in [0.25, 0.3) is 0 Å². The highest BCUT2D eigenvalue weighted by molar-refractivity contribution is 4.79. The van der Waals surface area contributed by atoms with Crippen LogP contribution in [0.3, 0.4) is 0 Å². The van der Waals surface area contributed by atoms with E-state index in [1.165, 1.54) is 12.8 Å². The van der Waals surface area contributed by atoms with E-state index >= 15 is 0 Å². The van der Waals surface area contributed by atoms with Crippen LogP contribution >= 0.6 is 0 Å². The van der Waals surface area contributed by atoms with Crippen LogP contribution in [0.1, 0.15) is 57.8 Å². The fraction of sp³-hybridized carbons (Fsp3) is 0.765. The summed E-state index contributed by atoms with van der Waals surface area (Å²) in [6.07, 6.45) is 6.82. The quantitative estimate of drug-likeness (QED) is 0.292. The Morgan fingerprint density at radius 3 is 1.57 bits per heavy atom. The Morgan fingerprint density at radius 2 is 1.14 bits per heavy atom. The monoisotopic (exact) mass is 305 g/mol. The Kier molecular flexibility index (Phi) is 12.5. The zero-order chi connectivity index (χ0) is 16.0. The summed E-state index contributed by atoms with van der Waals surface area (Å²) >= 11 is 0. The van der Waals surface area contributed by atoms with Crippen molar-refractivity contribution in [3.63, 3.8) is 0 Å². The first kappa shape index (κ1) is 20.2. The third-order valence-corrected chi connectivity index (χ3v) is 3.46. The van der Waals surface area contributed by atoms with Crippen molar-refractivity contribution in [3.8, 4) is 0 Å². The second kappa shape index (κ2) is 12.9. The van der Waals surface area contributed by atoms with Gasteiger partial charge in [0.2, 0.25) is 0 Å². The third-order valence-electron chi connectivity index (χ3n) is 3.46. The highest BCUT2D eigenvalue weighted by Gasteiger charge is 2.25. The van der Waals surface area contributed by atoms with Gasteiger partial charge in [-0.2, -0.15) is 13.2 Å². The van der Waals surface area contributed by atoms with Crippen LogP contribution in [0.15, 0.2) is 25.3 Å². The molecule has 0 aliphatic rings. The van der Waals surface area contributed by atoms with Gasteiger partial charge < -0.3 is 0 Å². The van der Waals surface area contributed by atoms with Crippen molar-refractivity contribution in [1.29, 1.82) is 0 Å². The number of hydrogen-bond acceptors (Lipinski definition) is 1. The van der Waals surface area contributed by atoms with E-state index in [9.17, 15) is 13.2 Å². The molecular weight excluding hydrogens is 275 g/mol. The number of halogens is 3. The average molecular weight is 305 g/mol. The van der Waals surface area contributed by atoms with E-state index in [0.29, 0.717) is 6.42 Å². The smallest absolute Gasteiger partial charge is 0.296 e. The number of rotatable bonds is 14. The second-order valence-corrected chi connectivity index (χ2v) is 5.53. The lowest BCUT2D eigenvalue weighted by Crippen LogP contribution is -2.24. The molecule has 0 bridgehead atoms. The minimum atomic E-state index is -3.98. The van der Waals surface area contributed by atoms with Crippen LogP contribution in [0.25, 0.3) is 0 Å². The van der Waals surface area contributed by atoms with Gasteiger partial charge in [-0.1, -0.05) is 50.7 Å². The van der Waals surface area contributed by atoms with Crippen molar-refractivity contribution in [2.45, 2.75) is 64.0 Å². The van der Waals surface area contributed by atoms with Crippen LogP contribution in [-0.4, -0.2) is 30.7 Å². The standard InChI is InChI=1S/C17H30F3N/c1-3-14-21(15-4-2)16-12-10-8-6-5-7-9-11-13-17(18,19)20/h3-4H,1-2,5-16H2. The van der Waals surface area contributed by atoms with Crippen molar-refractivity contribution >= 4 is 0 Å². The van der Waals surface area contributed by atoms with Gasteiger partial charge in [0.1, 0.15) is 0 Å². The zero-order valence-electron chi connectivity index (χ0n) is 13.1. The van der Waals surface area contributed by atoms with Gasteiger partial charge in [0.15, 0.2) is 0 Å². The Morgan fingerprint density at radius 1 is 0.714 bits per heavy atom. The topological polar surface area (TPSA) is 3.24 Å². The van der Waals surface area contributed by atoms with Crippen LogP contribution in [0, 0.1) is 0 Å². The molecule has 0 saturated carbocycles. The highest BCUT2D eigenvalue weighted by Crippen LogP contribution is 2.23. The normalized spacial score (nSPS) is 11.8. The molecule has 0 aromatic carbocycles. The molecule has 0 amide bonds. The molecule has 0 atom stereocenters. The van der Waals surface area contributed by atoms with E-state index in [4.69, 9.17) is 0 Å². The SMILES string of the molecule is C=CCN(CC=C)CCCCCCCCCCC(F)(F)F. The van der Waals surface area contributed by atoms with Gasteiger partial charge in [-0.25, -0.2) is 0 Å². The zero-order valence-corrected chi connectivity index (χ0v) is 13.1. The maximum atomic E-state index is 11.9. The van der Waals surface area contributed by atoms with E-state index < -0.39 is 12.6 Å². The van der Waals surface area contributed by atoms with Crippen molar-refractivity contribution in [2.75, 3.05) is 19.6 Å². The van der Waals surface area contributed by atoms with Crippen molar-refractivity contribution < 1.29 is 13.2 Å². The van der Waals surface area contributed by atoms with Gasteiger partial charge in [-0.05, 0) is 19.4 Å². The van der Waals surface area contributed by atoms with Crippen LogP contribution in [0.4, 0.5) is 13.2 Å². The third kappa shape index (κ3) is 15.4. The van der Waals surface area contributed by atoms with Crippen LogP contribution in [0.5, 0.6) is 0 Å². The summed E-state index contributed by atoms with van der Waals surface area (Å²) in [5.74, 6) is 0. The number of alkyl halides is 3. The van der Waals surface area contributed by atoms with Crippen molar-refractivity contribution in [3.05, 3.63) is 25.3 Å².